The van der Waals surface area contributed by atoms with Crippen LogP contribution in [0.25, 0.3) is 0 Å². The Morgan fingerprint density at radius 3 is 1.17 bits per heavy atom. The van der Waals surface area contributed by atoms with Crippen molar-refractivity contribution in [2.24, 2.45) is 0 Å². The van der Waals surface area contributed by atoms with Crippen LogP contribution in [-0.4, -0.2) is 70.0 Å². The third-order valence-electron chi connectivity index (χ3n) is 10.1. The van der Waals surface area contributed by atoms with E-state index in [0.717, 1.165) is 38.5 Å². The molecule has 0 aromatic rings. The molecule has 0 fully saturated rings. The van der Waals surface area contributed by atoms with Crippen LogP contribution in [0, 0.1) is 0 Å². The molecule has 53 heavy (non-hydrogen) atoms. The Kier molecular flexibility index (Phi) is 38.6. The van der Waals surface area contributed by atoms with E-state index in [1.807, 2.05) is 21.1 Å². The quantitative estimate of drug-likeness (QED) is 0.0264. The number of carbonyl (C=O) groups is 2. The van der Waals surface area contributed by atoms with Crippen LogP contribution in [0.4, 0.5) is 0 Å². The molecule has 2 atom stereocenters. The van der Waals surface area contributed by atoms with Crippen LogP contribution < -0.4 is 0 Å². The summed E-state index contributed by atoms with van der Waals surface area (Å²) < 4.78 is 34.9. The number of carbonyl (C=O) groups excluding carboxylic acids is 2. The Bertz CT molecular complexity index is 835. The molecule has 0 saturated heterocycles. The van der Waals surface area contributed by atoms with Gasteiger partial charge in [-0.05, 0) is 12.8 Å². The van der Waals surface area contributed by atoms with Gasteiger partial charge in [0.15, 0.2) is 6.10 Å². The number of nitrogens with zero attached hydrogens (tertiary/aromatic N) is 1. The van der Waals surface area contributed by atoms with Gasteiger partial charge >= 0.3 is 20.2 Å². The molecule has 0 radical (unpaired) electrons. The Balaban J connectivity index is 4.19. The maximum Gasteiger partial charge on any atom is 0.319 e. The summed E-state index contributed by atoms with van der Waals surface area (Å²) in [6.07, 6.45) is 38.0. The number of likely N-dealkylation sites (N-methyl/N-ethyl adjacent to an activating group) is 1. The van der Waals surface area contributed by atoms with Gasteiger partial charge in [-0.25, -0.2) is 0 Å². The average molecular weight is 775 g/mol. The van der Waals surface area contributed by atoms with Gasteiger partial charge in [-0.3, -0.25) is 14.2 Å². The predicted molar refractivity (Wildman–Crippen MR) is 224 cm³/mol. The summed E-state index contributed by atoms with van der Waals surface area (Å²) in [6.45, 7) is 5.30. The van der Waals surface area contributed by atoms with Gasteiger partial charge in [0.2, 0.25) is 0 Å². The summed E-state index contributed by atoms with van der Waals surface area (Å²) in [4.78, 5) is 25.2. The molecule has 8 nitrogen and oxygen atoms in total. The molecule has 0 aliphatic carbocycles. The third-order valence-corrected chi connectivity index (χ3v) is 10.9. The molecule has 0 aromatic carbocycles. The Hall–Kier alpha value is -0.950. The molecule has 0 N–H and O–H groups in total. The van der Waals surface area contributed by atoms with Gasteiger partial charge in [0, 0.05) is 12.8 Å². The molecule has 0 rings (SSSR count). The molecule has 0 amide bonds. The van der Waals surface area contributed by atoms with E-state index in [1.54, 1.807) is 0 Å². The minimum absolute atomic E-state index is 0.101. The molecule has 9 heteroatoms. The van der Waals surface area contributed by atoms with Gasteiger partial charge in [0.1, 0.15) is 19.8 Å². The maximum atomic E-state index is 12.7. The first kappa shape index (κ1) is 52.0. The third kappa shape index (κ3) is 42.0. The predicted octanol–water partition coefficient (Wildman–Crippen LogP) is 13.1. The number of rotatable bonds is 42. The van der Waals surface area contributed by atoms with E-state index in [0.29, 0.717) is 30.5 Å². The fourth-order valence-corrected chi connectivity index (χ4v) is 7.17. The van der Waals surface area contributed by atoms with Crippen LogP contribution in [0.5, 0.6) is 0 Å². The standard InChI is InChI=1S/C44H89NO7P/c1-6-8-10-12-14-16-18-20-22-24-26-28-30-32-34-36-43(46)49-40-42(41-51-53(48)50-39-38-45(3,4)5)52-44(47)37-35-33-31-29-27-25-23-21-19-17-15-13-11-9-7-2/h42,53H,6-41H2,1-5H3/q+1. The van der Waals surface area contributed by atoms with Crippen molar-refractivity contribution < 1.29 is 37.2 Å². The van der Waals surface area contributed by atoms with Crippen LogP contribution in [-0.2, 0) is 32.7 Å². The van der Waals surface area contributed by atoms with Crippen molar-refractivity contribution in [3.63, 3.8) is 0 Å². The lowest BCUT2D eigenvalue weighted by molar-refractivity contribution is -0.870. The highest BCUT2D eigenvalue weighted by Gasteiger charge is 2.19. The van der Waals surface area contributed by atoms with Crippen LogP contribution in [0.1, 0.15) is 219 Å². The summed E-state index contributed by atoms with van der Waals surface area (Å²) in [5.41, 5.74) is 0. The van der Waals surface area contributed by atoms with Crippen molar-refractivity contribution in [1.29, 1.82) is 0 Å². The molecule has 316 valence electrons. The van der Waals surface area contributed by atoms with Gasteiger partial charge in [-0.15, -0.1) is 0 Å². The largest absolute Gasteiger partial charge is 0.462 e. The second kappa shape index (κ2) is 39.3. The van der Waals surface area contributed by atoms with Crippen molar-refractivity contribution >= 4 is 20.2 Å². The topological polar surface area (TPSA) is 88.1 Å². The fraction of sp³-hybridized carbons (Fsp3) is 0.955. The molecule has 0 saturated carbocycles. The van der Waals surface area contributed by atoms with Crippen molar-refractivity contribution in [1.82, 2.24) is 0 Å². The second-order valence-corrected chi connectivity index (χ2v) is 17.7. The van der Waals surface area contributed by atoms with Crippen LogP contribution in [0.3, 0.4) is 0 Å². The molecule has 0 aromatic heterocycles. The van der Waals surface area contributed by atoms with E-state index in [9.17, 15) is 14.2 Å². The normalized spacial score (nSPS) is 12.9. The molecular formula is C44H89NO7P+. The first-order valence-electron chi connectivity index (χ1n) is 22.6. The summed E-state index contributed by atoms with van der Waals surface area (Å²) in [7, 11) is 3.34. The minimum Gasteiger partial charge on any atom is -0.462 e. The van der Waals surface area contributed by atoms with Crippen LogP contribution in [0.2, 0.25) is 0 Å². The van der Waals surface area contributed by atoms with Gasteiger partial charge in [0.05, 0.1) is 27.7 Å². The molecule has 0 bridgehead atoms. The zero-order valence-electron chi connectivity index (χ0n) is 35.8. The van der Waals surface area contributed by atoms with Gasteiger partial charge in [-0.1, -0.05) is 194 Å². The fourth-order valence-electron chi connectivity index (χ4n) is 6.51. The highest BCUT2D eigenvalue weighted by molar-refractivity contribution is 7.33. The van der Waals surface area contributed by atoms with Gasteiger partial charge in [-0.2, -0.15) is 0 Å². The summed E-state index contributed by atoms with van der Waals surface area (Å²) in [6, 6.07) is 0. The number of hydrogen-bond donors (Lipinski definition) is 0. The number of quaternary nitrogens is 1. The number of unbranched alkanes of at least 4 members (excludes halogenated alkanes) is 28. The lowest BCUT2D eigenvalue weighted by atomic mass is 10.0. The lowest BCUT2D eigenvalue weighted by Gasteiger charge is -2.23. The van der Waals surface area contributed by atoms with E-state index in [2.05, 4.69) is 13.8 Å². The SMILES string of the molecule is CCCCCCCCCCCCCCCCCC(=O)OCC(CO[PH](=O)OCC[N+](C)(C)C)OC(=O)CCCCCCCCCCCCCCCCC. The summed E-state index contributed by atoms with van der Waals surface area (Å²) >= 11 is 0. The van der Waals surface area contributed by atoms with Crippen molar-refractivity contribution in [3.8, 4) is 0 Å². The van der Waals surface area contributed by atoms with Gasteiger partial charge < -0.3 is 23.0 Å². The zero-order valence-corrected chi connectivity index (χ0v) is 36.8. The van der Waals surface area contributed by atoms with Gasteiger partial charge in [0.25, 0.3) is 0 Å². The number of ether oxygens (including phenoxy) is 2. The highest BCUT2D eigenvalue weighted by atomic mass is 31.1. The number of esters is 2. The zero-order chi connectivity index (χ0) is 39.1. The molecule has 2 unspecified atom stereocenters. The molecule has 0 spiro atoms. The van der Waals surface area contributed by atoms with E-state index >= 15 is 0 Å². The Morgan fingerprint density at radius 1 is 0.472 bits per heavy atom. The average Bonchev–Trinajstić information content (AvgIpc) is 3.12. The smallest absolute Gasteiger partial charge is 0.319 e. The highest BCUT2D eigenvalue weighted by Crippen LogP contribution is 2.24. The maximum absolute atomic E-state index is 12.7. The van der Waals surface area contributed by atoms with Crippen molar-refractivity contribution in [3.05, 3.63) is 0 Å². The Morgan fingerprint density at radius 2 is 0.811 bits per heavy atom. The van der Waals surface area contributed by atoms with E-state index < -0.39 is 14.4 Å². The molecular weight excluding hydrogens is 685 g/mol. The van der Waals surface area contributed by atoms with Crippen molar-refractivity contribution in [2.45, 2.75) is 225 Å². The summed E-state index contributed by atoms with van der Waals surface area (Å²) in [5, 5.41) is 0. The Labute approximate surface area is 329 Å². The molecule has 0 heterocycles. The van der Waals surface area contributed by atoms with Crippen molar-refractivity contribution in [2.75, 3.05) is 47.5 Å². The monoisotopic (exact) mass is 775 g/mol. The van der Waals surface area contributed by atoms with E-state index in [1.165, 1.54) is 154 Å². The first-order valence-corrected chi connectivity index (χ1v) is 23.9. The van der Waals surface area contributed by atoms with E-state index in [4.69, 9.17) is 18.5 Å². The minimum atomic E-state index is -2.75. The number of hydrogen-bond acceptors (Lipinski definition) is 7. The summed E-state index contributed by atoms with van der Waals surface area (Å²) in [5.74, 6) is -0.632. The second-order valence-electron chi connectivity index (χ2n) is 16.6. The van der Waals surface area contributed by atoms with Crippen LogP contribution >= 0.6 is 8.25 Å². The molecule has 0 aliphatic rings. The van der Waals surface area contributed by atoms with E-state index in [-0.39, 0.29) is 25.2 Å². The lowest BCUT2D eigenvalue weighted by Crippen LogP contribution is -2.37. The van der Waals surface area contributed by atoms with Crippen LogP contribution in [0.15, 0.2) is 0 Å². The molecule has 0 aliphatic heterocycles. The first-order chi connectivity index (χ1) is 25.7.